The van der Waals surface area contributed by atoms with Crippen LogP contribution in [0.4, 0.5) is 0 Å². The van der Waals surface area contributed by atoms with Crippen LogP contribution in [0.25, 0.3) is 0 Å². The number of halogens is 1. The Balaban J connectivity index is 2.43. The maximum atomic E-state index is 13.1. The normalized spacial score (nSPS) is 13.7. The van der Waals surface area contributed by atoms with Gasteiger partial charge in [-0.1, -0.05) is 17.2 Å². The quantitative estimate of drug-likeness (QED) is 0.782. The van der Waals surface area contributed by atoms with E-state index in [4.69, 9.17) is 21.1 Å². The summed E-state index contributed by atoms with van der Waals surface area (Å²) in [6.45, 7) is 4.60. The average molecular weight is 353 g/mol. The molecule has 0 spiro atoms. The molecule has 0 unspecified atom stereocenters. The smallest absolute Gasteiger partial charge is 0.280 e. The van der Waals surface area contributed by atoms with Crippen LogP contribution in [-0.2, 0) is 4.79 Å². The summed E-state index contributed by atoms with van der Waals surface area (Å²) >= 11 is 6.14. The van der Waals surface area contributed by atoms with Gasteiger partial charge in [0.25, 0.3) is 11.8 Å². The van der Waals surface area contributed by atoms with Gasteiger partial charge >= 0.3 is 0 Å². The Morgan fingerprint density at radius 3 is 2.38 bits per heavy atom. The number of hydrogen-bond donors (Lipinski definition) is 0. The fraction of sp³-hybridized carbons (Fsp3) is 0.412. The first-order valence-corrected chi connectivity index (χ1v) is 7.97. The molecule has 0 aliphatic carbocycles. The first-order chi connectivity index (χ1) is 11.4. The van der Waals surface area contributed by atoms with Gasteiger partial charge in [-0.2, -0.15) is 0 Å². The first-order valence-electron chi connectivity index (χ1n) is 7.59. The van der Waals surface area contributed by atoms with Crippen molar-refractivity contribution in [3.63, 3.8) is 0 Å². The van der Waals surface area contributed by atoms with Crippen LogP contribution < -0.4 is 9.47 Å². The van der Waals surface area contributed by atoms with E-state index in [9.17, 15) is 9.59 Å². The number of carbonyl (C=O) groups excluding carboxylic acids is 2. The lowest BCUT2D eigenvalue weighted by Crippen LogP contribution is -2.44. The molecule has 0 bridgehead atoms. The fourth-order valence-corrected chi connectivity index (χ4v) is 2.85. The zero-order chi connectivity index (χ0) is 17.9. The molecular weight excluding hydrogens is 332 g/mol. The maximum Gasteiger partial charge on any atom is 0.280 e. The Morgan fingerprint density at radius 2 is 1.79 bits per heavy atom. The average Bonchev–Trinajstić information content (AvgIpc) is 3.02. The Labute approximate surface area is 146 Å². The largest absolute Gasteiger partial charge is 0.496 e. The summed E-state index contributed by atoms with van der Waals surface area (Å²) in [4.78, 5) is 25.4. The Bertz CT molecular complexity index is 683. The molecule has 1 aromatic rings. The number of benzene rings is 1. The molecule has 1 saturated heterocycles. The van der Waals surface area contributed by atoms with Gasteiger partial charge in [0.1, 0.15) is 11.3 Å². The van der Waals surface area contributed by atoms with E-state index in [-0.39, 0.29) is 23.1 Å². The number of allylic oxidation sites excluding steroid dienone is 1. The molecule has 0 aromatic heterocycles. The minimum Gasteiger partial charge on any atom is -0.496 e. The van der Waals surface area contributed by atoms with Gasteiger partial charge in [-0.3, -0.25) is 9.59 Å². The van der Waals surface area contributed by atoms with Gasteiger partial charge in [-0.25, -0.2) is 10.0 Å². The molecule has 7 heteroatoms. The second kappa shape index (κ2) is 7.57. The number of hydrogen-bond acceptors (Lipinski definition) is 4. The van der Waals surface area contributed by atoms with Crippen LogP contribution in [0.3, 0.4) is 0 Å². The van der Waals surface area contributed by atoms with E-state index in [1.54, 1.807) is 12.1 Å². The van der Waals surface area contributed by atoms with Gasteiger partial charge in [-0.05, 0) is 32.4 Å². The van der Waals surface area contributed by atoms with Crippen molar-refractivity contribution in [2.45, 2.75) is 20.3 Å². The van der Waals surface area contributed by atoms with Gasteiger partial charge in [0.15, 0.2) is 5.75 Å². The number of hydrazine groups is 1. The third kappa shape index (κ3) is 3.48. The molecule has 0 radical (unpaired) electrons. The Kier molecular flexibility index (Phi) is 5.72. The van der Waals surface area contributed by atoms with Crippen molar-refractivity contribution in [1.29, 1.82) is 0 Å². The number of ether oxygens (including phenoxy) is 2. The molecule has 1 heterocycles. The van der Waals surface area contributed by atoms with Crippen molar-refractivity contribution >= 4 is 23.4 Å². The summed E-state index contributed by atoms with van der Waals surface area (Å²) < 4.78 is 10.6. The van der Waals surface area contributed by atoms with Crippen LogP contribution in [0.15, 0.2) is 23.8 Å². The maximum absolute atomic E-state index is 13.1. The molecule has 2 amide bonds. The summed E-state index contributed by atoms with van der Waals surface area (Å²) in [5, 5.41) is 3.16. The molecule has 1 fully saturated rings. The zero-order valence-electron chi connectivity index (χ0n) is 14.3. The minimum absolute atomic E-state index is 0.212. The van der Waals surface area contributed by atoms with Gasteiger partial charge in [0, 0.05) is 19.2 Å². The van der Waals surface area contributed by atoms with Crippen LogP contribution in [0.1, 0.15) is 30.6 Å². The molecule has 0 saturated carbocycles. The van der Waals surface area contributed by atoms with Crippen LogP contribution in [-0.4, -0.2) is 49.1 Å². The molecular formula is C17H21ClN2O4. The molecule has 1 aromatic carbocycles. The van der Waals surface area contributed by atoms with Gasteiger partial charge in [0.2, 0.25) is 0 Å². The Hall–Kier alpha value is -2.21. The van der Waals surface area contributed by atoms with Crippen LogP contribution in [0, 0.1) is 0 Å². The summed E-state index contributed by atoms with van der Waals surface area (Å²) in [5.74, 6) is -0.00897. The molecule has 130 valence electrons. The van der Waals surface area contributed by atoms with Gasteiger partial charge in [0.05, 0.1) is 19.2 Å². The number of nitrogens with zero attached hydrogens (tertiary/aromatic N) is 2. The van der Waals surface area contributed by atoms with Crippen molar-refractivity contribution in [2.24, 2.45) is 0 Å². The predicted molar refractivity (Wildman–Crippen MR) is 91.4 cm³/mol. The number of carbonyl (C=O) groups is 2. The lowest BCUT2D eigenvalue weighted by molar-refractivity contribution is -0.135. The monoisotopic (exact) mass is 352 g/mol. The zero-order valence-corrected chi connectivity index (χ0v) is 15.0. The summed E-state index contributed by atoms with van der Waals surface area (Å²) in [6.07, 6.45) is 2.22. The summed E-state index contributed by atoms with van der Waals surface area (Å²) in [6, 6.07) is 3.21. The number of methoxy groups -OCH3 is 2. The van der Waals surface area contributed by atoms with Crippen molar-refractivity contribution in [2.75, 3.05) is 27.3 Å². The lowest BCUT2D eigenvalue weighted by Gasteiger charge is -2.28. The second-order valence-corrected chi connectivity index (χ2v) is 6.03. The summed E-state index contributed by atoms with van der Waals surface area (Å²) in [5.41, 5.74) is 1.08. The Morgan fingerprint density at radius 1 is 1.12 bits per heavy atom. The van der Waals surface area contributed by atoms with E-state index in [0.29, 0.717) is 30.3 Å². The van der Waals surface area contributed by atoms with Crippen molar-refractivity contribution in [3.8, 4) is 11.5 Å². The lowest BCUT2D eigenvalue weighted by atomic mass is 10.1. The second-order valence-electron chi connectivity index (χ2n) is 5.62. The van der Waals surface area contributed by atoms with E-state index < -0.39 is 0 Å². The highest BCUT2D eigenvalue weighted by atomic mass is 35.5. The van der Waals surface area contributed by atoms with Crippen LogP contribution in [0.5, 0.6) is 11.5 Å². The first kappa shape index (κ1) is 18.1. The standard InChI is InChI=1S/C17H21ClN2O4/c1-11(2)10-14(21)19-8-5-9-20(19)17(22)15-13(23-3)7-6-12(18)16(15)24-4/h6-7,10H,5,8-9H2,1-4H3. The van der Waals surface area contributed by atoms with Crippen molar-refractivity contribution in [3.05, 3.63) is 34.4 Å². The molecule has 1 aliphatic heterocycles. The predicted octanol–water partition coefficient (Wildman–Crippen LogP) is 2.91. The van der Waals surface area contributed by atoms with Crippen LogP contribution >= 0.6 is 11.6 Å². The van der Waals surface area contributed by atoms with Crippen molar-refractivity contribution in [1.82, 2.24) is 10.0 Å². The molecule has 2 rings (SSSR count). The number of amides is 2. The molecule has 0 atom stereocenters. The third-order valence-corrected chi connectivity index (χ3v) is 3.94. The number of rotatable bonds is 4. The highest BCUT2D eigenvalue weighted by Gasteiger charge is 2.34. The highest BCUT2D eigenvalue weighted by Crippen LogP contribution is 2.37. The highest BCUT2D eigenvalue weighted by molar-refractivity contribution is 6.32. The van der Waals surface area contributed by atoms with Gasteiger partial charge in [-0.15, -0.1) is 0 Å². The molecule has 24 heavy (non-hydrogen) atoms. The minimum atomic E-state index is -0.376. The van der Waals surface area contributed by atoms with E-state index in [0.717, 1.165) is 5.57 Å². The van der Waals surface area contributed by atoms with E-state index in [2.05, 4.69) is 0 Å². The van der Waals surface area contributed by atoms with Gasteiger partial charge < -0.3 is 9.47 Å². The topological polar surface area (TPSA) is 59.1 Å². The SMILES string of the molecule is COc1ccc(Cl)c(OC)c1C(=O)N1CCCN1C(=O)C=C(C)C. The molecule has 1 aliphatic rings. The van der Waals surface area contributed by atoms with Crippen molar-refractivity contribution < 1.29 is 19.1 Å². The summed E-state index contributed by atoms with van der Waals surface area (Å²) in [7, 11) is 2.91. The fourth-order valence-electron chi connectivity index (χ4n) is 2.61. The van der Waals surface area contributed by atoms with E-state index >= 15 is 0 Å². The van der Waals surface area contributed by atoms with Crippen LogP contribution in [0.2, 0.25) is 5.02 Å². The molecule has 6 nitrogen and oxygen atoms in total. The van der Waals surface area contributed by atoms with E-state index in [1.165, 1.54) is 30.3 Å². The van der Waals surface area contributed by atoms with E-state index in [1.807, 2.05) is 13.8 Å². The molecule has 0 N–H and O–H groups in total. The third-order valence-electron chi connectivity index (χ3n) is 3.64.